The minimum absolute atomic E-state index is 0.0270. The van der Waals surface area contributed by atoms with Gasteiger partial charge in [-0.3, -0.25) is 4.79 Å². The fourth-order valence-corrected chi connectivity index (χ4v) is 1.43. The molecule has 2 aromatic rings. The minimum atomic E-state index is -0.0270. The van der Waals surface area contributed by atoms with Crippen LogP contribution in [0, 0.1) is 6.92 Å². The van der Waals surface area contributed by atoms with Crippen LogP contribution < -0.4 is 9.47 Å². The number of rotatable bonds is 3. The van der Waals surface area contributed by atoms with Gasteiger partial charge in [-0.25, -0.2) is 0 Å². The van der Waals surface area contributed by atoms with Crippen LogP contribution in [0.5, 0.6) is 17.2 Å². The summed E-state index contributed by atoms with van der Waals surface area (Å²) in [5.41, 5.74) is 1.50. The van der Waals surface area contributed by atoms with Gasteiger partial charge >= 0.3 is 0 Å². The van der Waals surface area contributed by atoms with Gasteiger partial charge in [0.2, 0.25) is 0 Å². The Morgan fingerprint density at radius 1 is 0.950 bits per heavy atom. The first-order chi connectivity index (χ1) is 9.60. The second-order valence-corrected chi connectivity index (χ2v) is 4.06. The van der Waals surface area contributed by atoms with Gasteiger partial charge in [0.1, 0.15) is 17.2 Å². The zero-order valence-electron chi connectivity index (χ0n) is 11.8. The van der Waals surface area contributed by atoms with E-state index in [0.717, 1.165) is 5.75 Å². The van der Waals surface area contributed by atoms with Gasteiger partial charge in [0.05, 0.1) is 19.8 Å². The molecular formula is C16H18O4. The molecule has 0 unspecified atom stereocenters. The van der Waals surface area contributed by atoms with E-state index in [-0.39, 0.29) is 11.3 Å². The average Bonchev–Trinajstić information content (AvgIpc) is 2.49. The van der Waals surface area contributed by atoms with Gasteiger partial charge in [-0.2, -0.15) is 0 Å². The van der Waals surface area contributed by atoms with Crippen molar-refractivity contribution in [3.63, 3.8) is 0 Å². The fraction of sp³-hybridized carbons (Fsp3) is 0.188. The highest BCUT2D eigenvalue weighted by molar-refractivity contribution is 5.79. The number of hydrogen-bond acceptors (Lipinski definition) is 4. The Kier molecular flexibility index (Phi) is 6.10. The number of methoxy groups -OCH3 is 2. The Hall–Kier alpha value is -2.49. The number of aryl methyl sites for hydroxylation is 1. The van der Waals surface area contributed by atoms with Crippen LogP contribution in [-0.2, 0) is 0 Å². The maximum absolute atomic E-state index is 10.3. The minimum Gasteiger partial charge on any atom is -0.507 e. The third-order valence-corrected chi connectivity index (χ3v) is 2.62. The third-order valence-electron chi connectivity index (χ3n) is 2.62. The van der Waals surface area contributed by atoms with Crippen molar-refractivity contribution in [3.05, 3.63) is 53.6 Å². The van der Waals surface area contributed by atoms with Crippen LogP contribution in [0.4, 0.5) is 0 Å². The molecule has 0 atom stereocenters. The molecule has 0 bridgehead atoms. The van der Waals surface area contributed by atoms with Gasteiger partial charge < -0.3 is 14.6 Å². The van der Waals surface area contributed by atoms with Gasteiger partial charge in [-0.05, 0) is 37.3 Å². The predicted octanol–water partition coefficient (Wildman–Crippen LogP) is 3.22. The molecule has 0 radical (unpaired) electrons. The number of phenols is 1. The topological polar surface area (TPSA) is 55.8 Å². The van der Waals surface area contributed by atoms with Gasteiger partial charge in [0.15, 0.2) is 6.29 Å². The molecule has 2 rings (SSSR count). The number of ether oxygens (including phenoxy) is 2. The first-order valence-corrected chi connectivity index (χ1v) is 6.03. The van der Waals surface area contributed by atoms with Crippen LogP contribution in [0.2, 0.25) is 0 Å². The monoisotopic (exact) mass is 274 g/mol. The standard InChI is InChI=1S/C8H8O3.C8H10O/c1-11-7-2-3-8(10)6(4-7)5-9;1-7-3-5-8(9-2)6-4-7/h2-5,10H,1H3;3-6H,1-2H3. The fourth-order valence-electron chi connectivity index (χ4n) is 1.43. The Morgan fingerprint density at radius 3 is 2.00 bits per heavy atom. The molecule has 4 nitrogen and oxygen atoms in total. The predicted molar refractivity (Wildman–Crippen MR) is 77.8 cm³/mol. The highest BCUT2D eigenvalue weighted by atomic mass is 16.5. The molecule has 106 valence electrons. The lowest BCUT2D eigenvalue weighted by Crippen LogP contribution is -1.85. The van der Waals surface area contributed by atoms with Crippen molar-refractivity contribution < 1.29 is 19.4 Å². The number of carbonyl (C=O) groups is 1. The molecule has 20 heavy (non-hydrogen) atoms. The second kappa shape index (κ2) is 7.84. The summed E-state index contributed by atoms with van der Waals surface area (Å²) in [5.74, 6) is 1.45. The molecule has 0 saturated heterocycles. The summed E-state index contributed by atoms with van der Waals surface area (Å²) in [5, 5.41) is 9.04. The second-order valence-electron chi connectivity index (χ2n) is 4.06. The SMILES string of the molecule is COc1ccc(C)cc1.COc1ccc(O)c(C=O)c1. The molecule has 0 spiro atoms. The first kappa shape index (κ1) is 15.6. The largest absolute Gasteiger partial charge is 0.507 e. The molecule has 4 heteroatoms. The summed E-state index contributed by atoms with van der Waals surface area (Å²) in [6.45, 7) is 2.06. The van der Waals surface area contributed by atoms with Crippen LogP contribution in [0.25, 0.3) is 0 Å². The van der Waals surface area contributed by atoms with Crippen LogP contribution in [0.15, 0.2) is 42.5 Å². The number of phenolic OH excluding ortho intramolecular Hbond substituents is 1. The number of carbonyl (C=O) groups excluding carboxylic acids is 1. The molecule has 0 aliphatic rings. The van der Waals surface area contributed by atoms with Gasteiger partial charge in [-0.15, -0.1) is 0 Å². The van der Waals surface area contributed by atoms with Crippen molar-refractivity contribution in [3.8, 4) is 17.2 Å². The van der Waals surface area contributed by atoms with Crippen molar-refractivity contribution >= 4 is 6.29 Å². The van der Waals surface area contributed by atoms with Gasteiger partial charge in [0.25, 0.3) is 0 Å². The van der Waals surface area contributed by atoms with Crippen molar-refractivity contribution in [2.45, 2.75) is 6.92 Å². The molecule has 1 N–H and O–H groups in total. The summed E-state index contributed by atoms with van der Waals surface area (Å²) in [6, 6.07) is 12.4. The van der Waals surface area contributed by atoms with Crippen molar-refractivity contribution in [2.75, 3.05) is 14.2 Å². The van der Waals surface area contributed by atoms with Crippen LogP contribution in [0.3, 0.4) is 0 Å². The highest BCUT2D eigenvalue weighted by Gasteiger charge is 2.00. The summed E-state index contributed by atoms with van der Waals surface area (Å²) in [6.07, 6.45) is 0.581. The number of hydrogen-bond donors (Lipinski definition) is 1. The van der Waals surface area contributed by atoms with Crippen molar-refractivity contribution in [2.24, 2.45) is 0 Å². The Balaban J connectivity index is 0.000000204. The van der Waals surface area contributed by atoms with Crippen LogP contribution in [-0.4, -0.2) is 25.6 Å². The van der Waals surface area contributed by atoms with Crippen LogP contribution in [0.1, 0.15) is 15.9 Å². The molecule has 0 aromatic heterocycles. The Bertz CT molecular complexity index is 547. The average molecular weight is 274 g/mol. The zero-order chi connectivity index (χ0) is 15.0. The van der Waals surface area contributed by atoms with Crippen LogP contribution >= 0.6 is 0 Å². The summed E-state index contributed by atoms with van der Waals surface area (Å²) >= 11 is 0. The lowest BCUT2D eigenvalue weighted by molar-refractivity contribution is 0.112. The van der Waals surface area contributed by atoms with E-state index in [2.05, 4.69) is 6.92 Å². The molecule has 2 aromatic carbocycles. The summed E-state index contributed by atoms with van der Waals surface area (Å²) in [4.78, 5) is 10.3. The molecule has 0 saturated carbocycles. The smallest absolute Gasteiger partial charge is 0.153 e. The molecule has 0 fully saturated rings. The van der Waals surface area contributed by atoms with E-state index in [1.165, 1.54) is 24.8 Å². The molecule has 0 aliphatic heterocycles. The number of aldehydes is 1. The molecule has 0 aliphatic carbocycles. The van der Waals surface area contributed by atoms with Crippen molar-refractivity contribution in [1.29, 1.82) is 0 Å². The van der Waals surface area contributed by atoms with E-state index in [4.69, 9.17) is 14.6 Å². The van der Waals surface area contributed by atoms with E-state index in [9.17, 15) is 4.79 Å². The van der Waals surface area contributed by atoms with E-state index in [1.54, 1.807) is 13.2 Å². The maximum Gasteiger partial charge on any atom is 0.153 e. The third kappa shape index (κ3) is 4.65. The number of benzene rings is 2. The zero-order valence-corrected chi connectivity index (χ0v) is 11.8. The van der Waals surface area contributed by atoms with E-state index in [0.29, 0.717) is 12.0 Å². The molecule has 0 amide bonds. The lowest BCUT2D eigenvalue weighted by Gasteiger charge is -2.00. The summed E-state index contributed by atoms with van der Waals surface area (Å²) in [7, 11) is 3.17. The van der Waals surface area contributed by atoms with E-state index >= 15 is 0 Å². The first-order valence-electron chi connectivity index (χ1n) is 6.03. The number of aromatic hydroxyl groups is 1. The van der Waals surface area contributed by atoms with E-state index < -0.39 is 0 Å². The summed E-state index contributed by atoms with van der Waals surface area (Å²) < 4.78 is 9.81. The van der Waals surface area contributed by atoms with E-state index in [1.807, 2.05) is 24.3 Å². The Labute approximate surface area is 118 Å². The maximum atomic E-state index is 10.3. The molecule has 0 heterocycles. The van der Waals surface area contributed by atoms with Crippen molar-refractivity contribution in [1.82, 2.24) is 0 Å². The lowest BCUT2D eigenvalue weighted by atomic mass is 10.2. The molecular weight excluding hydrogens is 256 g/mol. The highest BCUT2D eigenvalue weighted by Crippen LogP contribution is 2.20. The van der Waals surface area contributed by atoms with Gasteiger partial charge in [0, 0.05) is 0 Å². The quantitative estimate of drug-likeness (QED) is 0.873. The Morgan fingerprint density at radius 2 is 1.50 bits per heavy atom. The van der Waals surface area contributed by atoms with Gasteiger partial charge in [-0.1, -0.05) is 17.7 Å². The normalized spacial score (nSPS) is 9.15.